The van der Waals surface area contributed by atoms with Crippen LogP contribution in [0.2, 0.25) is 0 Å². The fraction of sp³-hybridized carbons (Fsp3) is 0.778. The summed E-state index contributed by atoms with van der Waals surface area (Å²) in [6.07, 6.45) is -18.6. The first-order chi connectivity index (χ1) is 51.5. The Morgan fingerprint density at radius 1 is 0.636 bits per heavy atom. The van der Waals surface area contributed by atoms with Crippen LogP contribution in [0.15, 0.2) is 6.20 Å². The minimum absolute atomic E-state index is 0. The third-order valence-corrected chi connectivity index (χ3v) is 15.5. The van der Waals surface area contributed by atoms with Crippen molar-refractivity contribution < 1.29 is 411 Å². The molecule has 644 valence electrons. The monoisotopic (exact) mass is 1870 g/mol. The Morgan fingerprint density at radius 2 is 1.08 bits per heavy atom. The number of imide groups is 1. The van der Waals surface area contributed by atoms with Gasteiger partial charge in [-0.1, -0.05) is 31.1 Å². The second kappa shape index (κ2) is 68.2. The Labute approximate surface area is 834 Å². The number of aliphatic carboxylic acids is 1. The molecule has 22 atom stereocenters. The summed E-state index contributed by atoms with van der Waals surface area (Å²) in [6, 6.07) is -2.94. The maximum Gasteiger partial charge on any atom is 1.00 e. The fourth-order valence-corrected chi connectivity index (χ4v) is 10.7. The number of hydrogen-bond acceptors (Lipinski definition) is 43. The number of amides is 4. The number of carbonyl (C=O) groups is 5. The average Bonchev–Trinajstić information content (AvgIpc) is 1.59. The summed E-state index contributed by atoms with van der Waals surface area (Å²) in [5, 5.41) is 95.3. The van der Waals surface area contributed by atoms with Gasteiger partial charge < -0.3 is 147 Å². The van der Waals surface area contributed by atoms with Crippen molar-refractivity contribution in [1.29, 1.82) is 0 Å². The second-order valence-electron chi connectivity index (χ2n) is 23.2. The number of aliphatic hydroxyl groups excluding tert-OH is 7. The number of likely N-dealkylation sites (tertiary alicyclic amines) is 1. The summed E-state index contributed by atoms with van der Waals surface area (Å²) in [4.78, 5) is 84.2. The van der Waals surface area contributed by atoms with Crippen LogP contribution >= 0.6 is 0 Å². The molecule has 6 saturated heterocycles. The summed E-state index contributed by atoms with van der Waals surface area (Å²) in [5.74, 6) is -4.30. The molecule has 0 aliphatic carbocycles. The summed E-state index contributed by atoms with van der Waals surface area (Å²) in [6.45, 7) is 12.8. The van der Waals surface area contributed by atoms with Crippen molar-refractivity contribution in [3.8, 4) is 0 Å². The van der Waals surface area contributed by atoms with Gasteiger partial charge >= 0.3 is 234 Å². The van der Waals surface area contributed by atoms with E-state index in [9.17, 15) is 64.8 Å². The van der Waals surface area contributed by atoms with Gasteiger partial charge in [0.05, 0.1) is 120 Å². The van der Waals surface area contributed by atoms with Crippen LogP contribution in [0.25, 0.3) is 11.5 Å². The maximum atomic E-state index is 13.7. The molecule has 1 aromatic rings. The van der Waals surface area contributed by atoms with Crippen molar-refractivity contribution >= 4 is 88.2 Å². The van der Waals surface area contributed by atoms with Crippen LogP contribution in [0.3, 0.4) is 0 Å². The first-order valence-electron chi connectivity index (χ1n) is 32.0. The molecule has 0 spiro atoms. The molecule has 0 saturated carbocycles. The molecule has 118 heavy (non-hydrogen) atoms. The van der Waals surface area contributed by atoms with Crippen LogP contribution in [0.4, 0.5) is 0 Å². The van der Waals surface area contributed by atoms with Gasteiger partial charge in [-0.15, -0.1) is 30.4 Å². The predicted octanol–water partition coefficient (Wildman–Crippen LogP) is -31.5. The first-order valence-corrected chi connectivity index (χ1v) is 38.1. The average molecular weight is 1870 g/mol. The number of ether oxygens (including phenoxy) is 11. The molecule has 7 heterocycles. The van der Waals surface area contributed by atoms with E-state index >= 15 is 0 Å². The molecule has 6 fully saturated rings. The zero-order valence-electron chi connectivity index (χ0n) is 65.2. The van der Waals surface area contributed by atoms with Gasteiger partial charge in [-0.25, -0.2) is 36.5 Å². The molecule has 7 unspecified atom stereocenters. The Balaban J connectivity index is -0.000000651. The van der Waals surface area contributed by atoms with Crippen LogP contribution < -0.4 is 217 Å². The molecule has 6 aliphatic heterocycles. The maximum absolute atomic E-state index is 13.7. The molecule has 0 bridgehead atoms. The number of hydrogen-bond donors (Lipinski definition) is 11. The van der Waals surface area contributed by atoms with Gasteiger partial charge in [0.25, 0.3) is 0 Å². The number of rotatable bonds is 32. The molecule has 0 radical (unpaired) electrons. The molecule has 7 rings (SSSR count). The summed E-state index contributed by atoms with van der Waals surface area (Å²) in [7, 11) is -21.0. The normalized spacial score (nSPS) is 28.5. The second-order valence-corrected chi connectivity index (χ2v) is 26.6. The van der Waals surface area contributed by atoms with E-state index in [2.05, 4.69) is 29.5 Å². The number of carboxylic acids is 1. The third kappa shape index (κ3) is 53.9. The SMILES string of the molecule is O=C=O.O=S(=O)([O-])O.O=S(=O)([O-])O.O=S(=O)([O-])O.O=S(=O)=O.O=S(=O)=O.[CH2-]C1O[C@H](O[C@@H]2[CH-]O[C@@H](CCCOCCNC(=O)CCC(=O)N(CCOCCN3C(=O)[C@@H]4[C@H](C3=O)[C@H](CC)O[C@@H]4CC)Cc3cn(CCOCCO[C@@H]4OC(C(=O)[O-])[C@@H](O[C@H]5OC([CH2-])[C@@H](O)[C@H](O)C5[NH-])[C@H](O)C4O)nn3)C(O)[CH-]2)C([NH-])[C@@H](O)[C@@H]1O.[Na+].[Na+].[Na+].[Na+].[Na+].[Na+].[Na+]. The van der Waals surface area contributed by atoms with E-state index in [1.165, 1.54) is 27.5 Å². The fourth-order valence-electron chi connectivity index (χ4n) is 10.7. The topological polar surface area (TPSA) is 817 Å². The number of carbonyl (C=O) groups excluding carboxylic acids is 7. The van der Waals surface area contributed by atoms with E-state index in [4.69, 9.17) is 151 Å². The van der Waals surface area contributed by atoms with Gasteiger partial charge in [-0.05, 0) is 44.0 Å². The van der Waals surface area contributed by atoms with Crippen LogP contribution in [0.5, 0.6) is 0 Å². The zero-order chi connectivity index (χ0) is 85.0. The number of aromatic nitrogens is 3. The number of nitrogens with zero attached hydrogens (tertiary/aromatic N) is 5. The minimum Gasteiger partial charge on any atom is -0.726 e. The summed E-state index contributed by atoms with van der Waals surface area (Å²) < 4.78 is 212. The molecule has 1 aromatic heterocycles. The number of aliphatic hydroxyl groups is 7. The van der Waals surface area contributed by atoms with Gasteiger partial charge in [0, 0.05) is 38.6 Å². The Kier molecular flexibility index (Phi) is 76.4. The van der Waals surface area contributed by atoms with Crippen LogP contribution in [0.1, 0.15) is 58.1 Å². The molecular formula is C54H84N8Na7O44S5-3. The number of carboxylic acid groups (broad SMARTS) is 1. The standard InChI is InChI=1S/C53H82N8O24.CO2.7Na.3H2O4S.2O3S/c1-5-31-36-37(32(6-2)83-31)49(72)61(48(36)71)14-19-76-17-12-59(35(64)10-9-34(63)56-11-16-75-15-7-8-33-30(62)22-29(25-79-33)82-51-38(54)42(67)40(65)26(3)80-51)23-28-24-60(58-57-28)13-18-77-20-21-78-53-45(70)44(69)46(47(85-53)50(73)74)84-52-39(55)43(68)41(66)27(4)81-52;2-1-3;;;;;;;;3*1-5(2,3)4;2*1-4(2)3/h22,24-27,29-33,36-47,51-55,62,65-70H,3-21,23H2,1-2H3,(H,56,63)(H,73,74);;;;;;;;;3*(H2,1,2,3,4);;/q-6;;7*+1;;;;;/p-4/t26?,27?,29-,30?,31-,32+,33-,36+,37-,38?,39?,40+,41+,42+,43+,44+,45?,46-,47?,51+,52+,53+;;;;;;;;;;;;;/m0............./s1. The van der Waals surface area contributed by atoms with E-state index in [1.807, 2.05) is 13.8 Å². The van der Waals surface area contributed by atoms with Crippen LogP contribution in [-0.2, 0) is 151 Å². The van der Waals surface area contributed by atoms with Crippen molar-refractivity contribution in [3.05, 3.63) is 50.2 Å². The number of fused-ring (bicyclic) bond motifs is 1. The Bertz CT molecular complexity index is 3520. The van der Waals surface area contributed by atoms with E-state index in [-0.39, 0.29) is 329 Å². The Hall–Kier alpha value is 1.12. The quantitative estimate of drug-likeness (QED) is 0.00797. The molecule has 4 amide bonds. The molecular weight excluding hydrogens is 1790 g/mol. The van der Waals surface area contributed by atoms with Gasteiger partial charge in [0.1, 0.15) is 42.7 Å². The van der Waals surface area contributed by atoms with Gasteiger partial charge in [0.15, 0.2) is 6.29 Å². The van der Waals surface area contributed by atoms with Gasteiger partial charge in [0.2, 0.25) is 54.8 Å². The molecule has 52 nitrogen and oxygen atoms in total. The van der Waals surface area contributed by atoms with Crippen LogP contribution in [-0.4, -0.2) is 363 Å². The smallest absolute Gasteiger partial charge is 0.726 e. The summed E-state index contributed by atoms with van der Waals surface area (Å²) in [5.41, 5.74) is 16.5. The van der Waals surface area contributed by atoms with E-state index in [0.717, 1.165) is 0 Å². The van der Waals surface area contributed by atoms with E-state index in [0.29, 0.717) is 31.4 Å². The molecule has 0 aromatic carbocycles. The predicted molar refractivity (Wildman–Crippen MR) is 343 cm³/mol. The van der Waals surface area contributed by atoms with Crippen molar-refractivity contribution in [1.82, 2.24) is 30.1 Å². The van der Waals surface area contributed by atoms with E-state index in [1.54, 1.807) is 6.20 Å². The number of nitrogens with one attached hydrogen (secondary N) is 3. The zero-order valence-corrected chi connectivity index (χ0v) is 83.3. The molecule has 64 heteroatoms. The van der Waals surface area contributed by atoms with Gasteiger partial charge in [-0.2, -0.15) is 15.7 Å². The summed E-state index contributed by atoms with van der Waals surface area (Å²) >= 11 is 0. The van der Waals surface area contributed by atoms with Crippen molar-refractivity contribution in [2.75, 3.05) is 65.9 Å². The van der Waals surface area contributed by atoms with Crippen molar-refractivity contribution in [2.24, 2.45) is 11.8 Å². The largest absolute Gasteiger partial charge is 1.00 e. The molecule has 13 N–H and O–H groups in total. The van der Waals surface area contributed by atoms with E-state index < -0.39 is 192 Å². The Morgan fingerprint density at radius 3 is 1.54 bits per heavy atom. The molecule has 6 aliphatic rings. The third-order valence-electron chi connectivity index (χ3n) is 15.5. The van der Waals surface area contributed by atoms with Crippen molar-refractivity contribution in [2.45, 2.75) is 188 Å². The van der Waals surface area contributed by atoms with Crippen LogP contribution in [0, 0.1) is 38.7 Å². The van der Waals surface area contributed by atoms with Crippen molar-refractivity contribution in [3.63, 3.8) is 0 Å². The van der Waals surface area contributed by atoms with Gasteiger partial charge in [-0.3, -0.25) is 44.2 Å². The minimum atomic E-state index is -4.92. The first kappa shape index (κ1) is 132.